The van der Waals surface area contributed by atoms with Crippen LogP contribution in [-0.4, -0.2) is 40.9 Å². The smallest absolute Gasteiger partial charge is 0.323 e. The summed E-state index contributed by atoms with van der Waals surface area (Å²) in [5.41, 5.74) is 0.811. The molecule has 0 radical (unpaired) electrons. The van der Waals surface area contributed by atoms with E-state index in [1.165, 1.54) is 0 Å². The van der Waals surface area contributed by atoms with Crippen LogP contribution in [0.3, 0.4) is 0 Å². The molecule has 1 atom stereocenters. The summed E-state index contributed by atoms with van der Waals surface area (Å²) >= 11 is 0. The second-order valence-electron chi connectivity index (χ2n) is 5.53. The molecule has 1 unspecified atom stereocenters. The monoisotopic (exact) mass is 305 g/mol. The summed E-state index contributed by atoms with van der Waals surface area (Å²) in [4.78, 5) is 13.9. The lowest BCUT2D eigenvalue weighted by Crippen LogP contribution is -2.43. The molecule has 0 aliphatic carbocycles. The predicted octanol–water partition coefficient (Wildman–Crippen LogP) is 2.48. The molecule has 118 valence electrons. The molecule has 7 heteroatoms. The third-order valence-electron chi connectivity index (χ3n) is 3.93. The number of urea groups is 1. The second kappa shape index (κ2) is 6.23. The van der Waals surface area contributed by atoms with Gasteiger partial charge in [-0.25, -0.2) is 4.79 Å². The Morgan fingerprint density at radius 3 is 3.18 bits per heavy atom. The van der Waals surface area contributed by atoms with Gasteiger partial charge < -0.3 is 18.9 Å². The van der Waals surface area contributed by atoms with Gasteiger partial charge in [0, 0.05) is 25.8 Å². The van der Waals surface area contributed by atoms with Gasteiger partial charge in [-0.2, -0.15) is 0 Å². The zero-order chi connectivity index (χ0) is 15.5. The normalized spacial score (nSPS) is 18.5. The Kier molecular flexibility index (Phi) is 4.15. The first-order valence-corrected chi connectivity index (χ1v) is 7.35. The highest BCUT2D eigenvalue weighted by atomic mass is 16.5. The van der Waals surface area contributed by atoms with Crippen molar-refractivity contribution in [2.75, 3.05) is 25.0 Å². The number of likely N-dealkylation sites (tertiary alicyclic amines) is 1. The minimum Gasteiger partial charge on any atom is -0.469 e. The summed E-state index contributed by atoms with van der Waals surface area (Å²) in [7, 11) is 0. The van der Waals surface area contributed by atoms with Gasteiger partial charge in [0.25, 0.3) is 0 Å². The topological polar surface area (TPSA) is 91.7 Å². The Morgan fingerprint density at radius 1 is 1.59 bits per heavy atom. The van der Waals surface area contributed by atoms with Crippen molar-refractivity contribution in [1.29, 1.82) is 0 Å². The Morgan fingerprint density at radius 2 is 2.45 bits per heavy atom. The van der Waals surface area contributed by atoms with Crippen LogP contribution < -0.4 is 5.32 Å². The number of carbonyl (C=O) groups is 1. The molecule has 1 fully saturated rings. The molecule has 0 spiro atoms. The maximum atomic E-state index is 12.2. The lowest BCUT2D eigenvalue weighted by atomic mass is 9.99. The van der Waals surface area contributed by atoms with Crippen molar-refractivity contribution in [2.45, 2.75) is 19.8 Å². The van der Waals surface area contributed by atoms with Crippen molar-refractivity contribution < 1.29 is 18.8 Å². The van der Waals surface area contributed by atoms with Gasteiger partial charge in [-0.3, -0.25) is 5.32 Å². The molecule has 22 heavy (non-hydrogen) atoms. The van der Waals surface area contributed by atoms with Crippen molar-refractivity contribution in [1.82, 2.24) is 10.1 Å². The number of aliphatic hydroxyl groups excluding tert-OH is 1. The van der Waals surface area contributed by atoms with Gasteiger partial charge in [0.05, 0.1) is 11.8 Å². The number of hydrogen-bond acceptors (Lipinski definition) is 5. The molecule has 3 rings (SSSR count). The third kappa shape index (κ3) is 2.99. The van der Waals surface area contributed by atoms with E-state index in [2.05, 4.69) is 10.5 Å². The molecule has 0 saturated carbocycles. The van der Waals surface area contributed by atoms with E-state index in [9.17, 15) is 9.90 Å². The summed E-state index contributed by atoms with van der Waals surface area (Å²) in [6.45, 7) is 3.19. The molecular formula is C15H19N3O4. The molecule has 2 N–H and O–H groups in total. The Balaban J connectivity index is 1.65. The maximum absolute atomic E-state index is 12.2. The standard InChI is InChI=1S/C15H19N3O4/c1-10-12(4-6-21-10)13-7-14(17-22-13)16-15(20)18-5-2-3-11(8-18)9-19/h4,6-7,11,19H,2-3,5,8-9H2,1H3,(H,16,17,20). The van der Waals surface area contributed by atoms with E-state index in [-0.39, 0.29) is 18.6 Å². The van der Waals surface area contributed by atoms with Crippen molar-refractivity contribution in [3.8, 4) is 11.3 Å². The van der Waals surface area contributed by atoms with Crippen LogP contribution in [0, 0.1) is 12.8 Å². The van der Waals surface area contributed by atoms with E-state index >= 15 is 0 Å². The quantitative estimate of drug-likeness (QED) is 0.909. The van der Waals surface area contributed by atoms with Crippen molar-refractivity contribution in [3.05, 3.63) is 24.2 Å². The number of amides is 2. The van der Waals surface area contributed by atoms with Gasteiger partial charge in [0.1, 0.15) is 5.76 Å². The zero-order valence-corrected chi connectivity index (χ0v) is 12.4. The van der Waals surface area contributed by atoms with Crippen molar-refractivity contribution in [3.63, 3.8) is 0 Å². The van der Waals surface area contributed by atoms with E-state index in [1.54, 1.807) is 23.3 Å². The van der Waals surface area contributed by atoms with Crippen LogP contribution in [0.5, 0.6) is 0 Å². The van der Waals surface area contributed by atoms with Crippen molar-refractivity contribution >= 4 is 11.8 Å². The largest absolute Gasteiger partial charge is 0.469 e. The van der Waals surface area contributed by atoms with Gasteiger partial charge in [-0.05, 0) is 31.7 Å². The number of aromatic nitrogens is 1. The molecule has 0 bridgehead atoms. The first kappa shape index (κ1) is 14.6. The van der Waals surface area contributed by atoms with E-state index in [1.807, 2.05) is 6.92 Å². The molecule has 0 aromatic carbocycles. The first-order chi connectivity index (χ1) is 10.7. The summed E-state index contributed by atoms with van der Waals surface area (Å²) < 4.78 is 10.5. The third-order valence-corrected chi connectivity index (χ3v) is 3.93. The van der Waals surface area contributed by atoms with Crippen LogP contribution in [0.4, 0.5) is 10.6 Å². The van der Waals surface area contributed by atoms with Crippen LogP contribution in [0.1, 0.15) is 18.6 Å². The molecule has 2 aromatic heterocycles. The fourth-order valence-electron chi connectivity index (χ4n) is 2.69. The van der Waals surface area contributed by atoms with Crippen LogP contribution in [0.2, 0.25) is 0 Å². The highest BCUT2D eigenvalue weighted by molar-refractivity contribution is 5.88. The van der Waals surface area contributed by atoms with Gasteiger partial charge in [-0.1, -0.05) is 5.16 Å². The Bertz CT molecular complexity index is 649. The number of anilines is 1. The molecule has 2 aromatic rings. The van der Waals surface area contributed by atoms with Gasteiger partial charge in [0.2, 0.25) is 0 Å². The number of carbonyl (C=O) groups excluding carboxylic acids is 1. The molecule has 1 saturated heterocycles. The molecule has 1 aliphatic heterocycles. The summed E-state index contributed by atoms with van der Waals surface area (Å²) in [5, 5.41) is 15.8. The SMILES string of the molecule is Cc1occc1-c1cc(NC(=O)N2CCCC(CO)C2)no1. The van der Waals surface area contributed by atoms with Gasteiger partial charge >= 0.3 is 6.03 Å². The molecule has 2 amide bonds. The minimum absolute atomic E-state index is 0.109. The lowest BCUT2D eigenvalue weighted by molar-refractivity contribution is 0.136. The van der Waals surface area contributed by atoms with E-state index < -0.39 is 0 Å². The summed E-state index contributed by atoms with van der Waals surface area (Å²) in [6, 6.07) is 3.24. The van der Waals surface area contributed by atoms with Crippen LogP contribution in [0.25, 0.3) is 11.3 Å². The number of furan rings is 1. The molecule has 1 aliphatic rings. The summed E-state index contributed by atoms with van der Waals surface area (Å²) in [5.74, 6) is 1.80. The molecule has 7 nitrogen and oxygen atoms in total. The van der Waals surface area contributed by atoms with Crippen LogP contribution in [0.15, 0.2) is 27.3 Å². The number of piperidine rings is 1. The van der Waals surface area contributed by atoms with E-state index in [0.717, 1.165) is 24.2 Å². The highest BCUT2D eigenvalue weighted by Crippen LogP contribution is 2.26. The average Bonchev–Trinajstić information content (AvgIpc) is 3.16. The molecular weight excluding hydrogens is 286 g/mol. The van der Waals surface area contributed by atoms with E-state index in [4.69, 9.17) is 8.94 Å². The lowest BCUT2D eigenvalue weighted by Gasteiger charge is -2.31. The predicted molar refractivity (Wildman–Crippen MR) is 79.3 cm³/mol. The fourth-order valence-corrected chi connectivity index (χ4v) is 2.69. The van der Waals surface area contributed by atoms with Crippen molar-refractivity contribution in [2.24, 2.45) is 5.92 Å². The maximum Gasteiger partial charge on any atom is 0.323 e. The number of nitrogens with zero attached hydrogens (tertiary/aromatic N) is 2. The number of hydrogen-bond donors (Lipinski definition) is 2. The summed E-state index contributed by atoms with van der Waals surface area (Å²) in [6.07, 6.45) is 3.43. The fraction of sp³-hybridized carbons (Fsp3) is 0.467. The van der Waals surface area contributed by atoms with Gasteiger partial charge in [0.15, 0.2) is 11.6 Å². The average molecular weight is 305 g/mol. The van der Waals surface area contributed by atoms with Crippen LogP contribution in [-0.2, 0) is 0 Å². The number of rotatable bonds is 3. The zero-order valence-electron chi connectivity index (χ0n) is 12.4. The van der Waals surface area contributed by atoms with E-state index in [0.29, 0.717) is 24.7 Å². The second-order valence-corrected chi connectivity index (χ2v) is 5.53. The number of aliphatic hydroxyl groups is 1. The van der Waals surface area contributed by atoms with Gasteiger partial charge in [-0.15, -0.1) is 0 Å². The number of nitrogens with one attached hydrogen (secondary N) is 1. The Labute approximate surface area is 127 Å². The Hall–Kier alpha value is -2.28. The first-order valence-electron chi connectivity index (χ1n) is 7.35. The van der Waals surface area contributed by atoms with Crippen LogP contribution >= 0.6 is 0 Å². The highest BCUT2D eigenvalue weighted by Gasteiger charge is 2.24. The minimum atomic E-state index is -0.220. The molecule has 3 heterocycles. The number of aryl methyl sites for hydroxylation is 1.